The number of amides is 2. The number of sulfonamides is 1. The second-order valence-corrected chi connectivity index (χ2v) is 10.5. The Kier molecular flexibility index (Phi) is 5.13. The molecular formula is C18H18N2O7S2. The molecule has 0 atom stereocenters. The molecule has 0 fully saturated rings. The van der Waals surface area contributed by atoms with E-state index in [1.807, 2.05) is 0 Å². The van der Waals surface area contributed by atoms with Gasteiger partial charge in [-0.3, -0.25) is 4.90 Å². The summed E-state index contributed by atoms with van der Waals surface area (Å²) in [7, 11) is -6.92. The standard InChI is InChI=1S/C18H18N2O7S2/c1-12-3-6-14(7-4-12)28(24,25)10-9-20-18(23)19(2)15-8-5-13(17(21)22)11-16(15)29(20,26)27/h3-8,11H,9-10H2,1-2H3,(H,21,22). The lowest BCUT2D eigenvalue weighted by Gasteiger charge is -2.34. The minimum Gasteiger partial charge on any atom is -0.478 e. The van der Waals surface area contributed by atoms with Crippen molar-refractivity contribution < 1.29 is 31.5 Å². The number of carbonyl (C=O) groups excluding carboxylic acids is 1. The highest BCUT2D eigenvalue weighted by Gasteiger charge is 2.40. The molecule has 0 spiro atoms. The minimum absolute atomic E-state index is 0.0203. The van der Waals surface area contributed by atoms with Crippen LogP contribution in [0.15, 0.2) is 52.3 Å². The highest BCUT2D eigenvalue weighted by atomic mass is 32.2. The third kappa shape index (κ3) is 3.70. The summed E-state index contributed by atoms with van der Waals surface area (Å²) in [6.07, 6.45) is 0. The van der Waals surface area contributed by atoms with Gasteiger partial charge in [0.05, 0.1) is 28.4 Å². The molecular weight excluding hydrogens is 420 g/mol. The number of hydrogen-bond acceptors (Lipinski definition) is 6. The zero-order chi connectivity index (χ0) is 21.6. The molecule has 0 saturated heterocycles. The van der Waals surface area contributed by atoms with Gasteiger partial charge >= 0.3 is 12.0 Å². The Morgan fingerprint density at radius 3 is 2.31 bits per heavy atom. The van der Waals surface area contributed by atoms with Gasteiger partial charge in [-0.05, 0) is 37.3 Å². The van der Waals surface area contributed by atoms with E-state index in [1.165, 1.54) is 31.3 Å². The molecule has 1 N–H and O–H groups in total. The molecule has 1 aliphatic rings. The van der Waals surface area contributed by atoms with Crippen LogP contribution in [0.5, 0.6) is 0 Å². The van der Waals surface area contributed by atoms with Crippen LogP contribution < -0.4 is 4.90 Å². The van der Waals surface area contributed by atoms with Crippen LogP contribution in [0.4, 0.5) is 10.5 Å². The Labute approximate surface area is 168 Å². The summed E-state index contributed by atoms with van der Waals surface area (Å²) in [6, 6.07) is 8.53. The molecule has 0 saturated carbocycles. The Balaban J connectivity index is 1.96. The average Bonchev–Trinajstić information content (AvgIpc) is 2.66. The van der Waals surface area contributed by atoms with Gasteiger partial charge < -0.3 is 5.11 Å². The molecule has 1 heterocycles. The van der Waals surface area contributed by atoms with Crippen LogP contribution in [0, 0.1) is 6.92 Å². The van der Waals surface area contributed by atoms with Crippen molar-refractivity contribution in [1.82, 2.24) is 4.31 Å². The number of carboxylic acid groups (broad SMARTS) is 1. The van der Waals surface area contributed by atoms with Crippen LogP contribution in [0.3, 0.4) is 0 Å². The van der Waals surface area contributed by atoms with E-state index >= 15 is 0 Å². The monoisotopic (exact) mass is 438 g/mol. The molecule has 154 valence electrons. The van der Waals surface area contributed by atoms with E-state index in [-0.39, 0.29) is 21.0 Å². The van der Waals surface area contributed by atoms with Crippen LogP contribution >= 0.6 is 0 Å². The van der Waals surface area contributed by atoms with Crippen molar-refractivity contribution in [3.63, 3.8) is 0 Å². The zero-order valence-corrected chi connectivity index (χ0v) is 17.2. The Bertz CT molecular complexity index is 1200. The maximum absolute atomic E-state index is 12.9. The maximum Gasteiger partial charge on any atom is 0.338 e. The summed E-state index contributed by atoms with van der Waals surface area (Å²) in [4.78, 5) is 24.5. The minimum atomic E-state index is -4.42. The second kappa shape index (κ2) is 7.16. The molecule has 0 unspecified atom stereocenters. The summed E-state index contributed by atoms with van der Waals surface area (Å²) in [6.45, 7) is 1.20. The fourth-order valence-corrected chi connectivity index (χ4v) is 5.87. The van der Waals surface area contributed by atoms with Crippen molar-refractivity contribution in [2.24, 2.45) is 0 Å². The fraction of sp³-hybridized carbons (Fsp3) is 0.222. The Hall–Kier alpha value is -2.92. The number of urea groups is 1. The highest BCUT2D eigenvalue weighted by Crippen LogP contribution is 2.34. The van der Waals surface area contributed by atoms with Crippen molar-refractivity contribution in [2.45, 2.75) is 16.7 Å². The van der Waals surface area contributed by atoms with Crippen LogP contribution in [-0.4, -0.2) is 57.6 Å². The smallest absolute Gasteiger partial charge is 0.338 e. The first-order valence-electron chi connectivity index (χ1n) is 8.42. The lowest BCUT2D eigenvalue weighted by Crippen LogP contribution is -2.50. The van der Waals surface area contributed by atoms with Crippen molar-refractivity contribution in [1.29, 1.82) is 0 Å². The van der Waals surface area contributed by atoms with Crippen LogP contribution in [0.2, 0.25) is 0 Å². The quantitative estimate of drug-likeness (QED) is 0.752. The van der Waals surface area contributed by atoms with Crippen LogP contribution in [-0.2, 0) is 19.9 Å². The predicted molar refractivity (Wildman–Crippen MR) is 104 cm³/mol. The van der Waals surface area contributed by atoms with E-state index in [1.54, 1.807) is 19.1 Å². The molecule has 2 amide bonds. The van der Waals surface area contributed by atoms with Gasteiger partial charge in [0, 0.05) is 7.05 Å². The summed E-state index contributed by atoms with van der Waals surface area (Å²) in [5.41, 5.74) is 0.630. The lowest BCUT2D eigenvalue weighted by atomic mass is 10.2. The van der Waals surface area contributed by atoms with Crippen LogP contribution in [0.25, 0.3) is 0 Å². The number of nitrogens with zero attached hydrogens (tertiary/aromatic N) is 2. The lowest BCUT2D eigenvalue weighted by molar-refractivity contribution is 0.0696. The Morgan fingerprint density at radius 2 is 1.72 bits per heavy atom. The number of fused-ring (bicyclic) bond motifs is 1. The molecule has 1 aliphatic heterocycles. The van der Waals surface area contributed by atoms with E-state index in [2.05, 4.69) is 0 Å². The zero-order valence-electron chi connectivity index (χ0n) is 15.6. The molecule has 29 heavy (non-hydrogen) atoms. The third-order valence-electron chi connectivity index (χ3n) is 4.58. The number of carboxylic acids is 1. The topological polar surface area (TPSA) is 129 Å². The fourth-order valence-electron chi connectivity index (χ4n) is 2.91. The first kappa shape index (κ1) is 20.8. The summed E-state index contributed by atoms with van der Waals surface area (Å²) < 4.78 is 51.4. The molecule has 2 aromatic carbocycles. The predicted octanol–water partition coefficient (Wildman–Crippen LogP) is 1.73. The van der Waals surface area contributed by atoms with E-state index < -0.39 is 44.2 Å². The van der Waals surface area contributed by atoms with Gasteiger partial charge in [-0.15, -0.1) is 0 Å². The molecule has 2 aromatic rings. The second-order valence-electron chi connectivity index (χ2n) is 6.54. The molecule has 11 heteroatoms. The van der Waals surface area contributed by atoms with Crippen molar-refractivity contribution in [3.05, 3.63) is 53.6 Å². The number of anilines is 1. The first-order chi connectivity index (χ1) is 13.4. The van der Waals surface area contributed by atoms with Crippen molar-refractivity contribution in [2.75, 3.05) is 24.2 Å². The molecule has 0 aliphatic carbocycles. The molecule has 9 nitrogen and oxygen atoms in total. The summed E-state index contributed by atoms with van der Waals surface area (Å²) in [5.74, 6) is -1.93. The van der Waals surface area contributed by atoms with Crippen molar-refractivity contribution in [3.8, 4) is 0 Å². The average molecular weight is 438 g/mol. The van der Waals surface area contributed by atoms with Crippen LogP contribution in [0.1, 0.15) is 15.9 Å². The summed E-state index contributed by atoms with van der Waals surface area (Å²) in [5, 5.41) is 9.13. The maximum atomic E-state index is 12.9. The van der Waals surface area contributed by atoms with Gasteiger partial charge in [-0.2, -0.15) is 0 Å². The van der Waals surface area contributed by atoms with Gasteiger partial charge in [0.25, 0.3) is 10.0 Å². The molecule has 0 bridgehead atoms. The normalized spacial score (nSPS) is 15.9. The number of aryl methyl sites for hydroxylation is 1. The number of sulfone groups is 1. The van der Waals surface area contributed by atoms with E-state index in [0.29, 0.717) is 4.31 Å². The Morgan fingerprint density at radius 1 is 1.10 bits per heavy atom. The SMILES string of the molecule is Cc1ccc(S(=O)(=O)CCN2C(=O)N(C)c3ccc(C(=O)O)cc3S2(=O)=O)cc1. The van der Waals surface area contributed by atoms with Gasteiger partial charge in [-0.1, -0.05) is 17.7 Å². The molecule has 0 radical (unpaired) electrons. The molecule has 3 rings (SSSR count). The first-order valence-corrected chi connectivity index (χ1v) is 11.5. The number of carbonyl (C=O) groups is 2. The largest absolute Gasteiger partial charge is 0.478 e. The van der Waals surface area contributed by atoms with Gasteiger partial charge in [0.15, 0.2) is 9.84 Å². The van der Waals surface area contributed by atoms with E-state index in [9.17, 15) is 26.4 Å². The molecule has 0 aromatic heterocycles. The van der Waals surface area contributed by atoms with Crippen molar-refractivity contribution >= 4 is 37.5 Å². The van der Waals surface area contributed by atoms with Gasteiger partial charge in [0.1, 0.15) is 4.90 Å². The highest BCUT2D eigenvalue weighted by molar-refractivity contribution is 7.91. The number of hydrogen-bond donors (Lipinski definition) is 1. The number of benzene rings is 2. The van der Waals surface area contributed by atoms with Gasteiger partial charge in [-0.25, -0.2) is 30.7 Å². The van der Waals surface area contributed by atoms with Gasteiger partial charge in [0.2, 0.25) is 0 Å². The third-order valence-corrected chi connectivity index (χ3v) is 8.09. The number of rotatable bonds is 5. The summed E-state index contributed by atoms with van der Waals surface area (Å²) >= 11 is 0. The van der Waals surface area contributed by atoms with E-state index in [4.69, 9.17) is 5.11 Å². The van der Waals surface area contributed by atoms with E-state index in [0.717, 1.165) is 16.5 Å². The number of aromatic carboxylic acids is 1.